The van der Waals surface area contributed by atoms with Gasteiger partial charge in [-0.1, -0.05) is 24.3 Å². The minimum absolute atomic E-state index is 0.0415. The van der Waals surface area contributed by atoms with Gasteiger partial charge < -0.3 is 4.57 Å². The number of thiophene rings is 1. The van der Waals surface area contributed by atoms with Crippen molar-refractivity contribution in [2.45, 2.75) is 17.9 Å². The molecule has 0 saturated carbocycles. The first-order valence-corrected chi connectivity index (χ1v) is 11.5. The monoisotopic (exact) mass is 419 g/mol. The molecule has 1 aliphatic rings. The summed E-state index contributed by atoms with van der Waals surface area (Å²) < 4.78 is 29.5. The minimum Gasteiger partial charge on any atom is -0.327 e. The Kier molecular flexibility index (Phi) is 4.85. The second kappa shape index (κ2) is 7.16. The van der Waals surface area contributed by atoms with E-state index in [1.807, 2.05) is 29.6 Å². The number of benzene rings is 1. The first-order chi connectivity index (χ1) is 13.0. The second-order valence-corrected chi connectivity index (χ2v) is 9.88. The molecule has 3 aromatic rings. The average Bonchev–Trinajstić information content (AvgIpc) is 3.31. The number of thiazole rings is 1. The van der Waals surface area contributed by atoms with Gasteiger partial charge in [-0.25, -0.2) is 8.42 Å². The Hall–Kier alpha value is -2.07. The van der Waals surface area contributed by atoms with E-state index in [0.29, 0.717) is 24.3 Å². The highest BCUT2D eigenvalue weighted by molar-refractivity contribution is 7.89. The van der Waals surface area contributed by atoms with E-state index in [9.17, 15) is 13.2 Å². The third kappa shape index (κ3) is 3.43. The fourth-order valence-corrected chi connectivity index (χ4v) is 6.47. The van der Waals surface area contributed by atoms with E-state index >= 15 is 0 Å². The Bertz CT molecular complexity index is 1170. The maximum Gasteiger partial charge on any atom is 0.291 e. The molecule has 1 aliphatic heterocycles. The lowest BCUT2D eigenvalue weighted by Crippen LogP contribution is -2.36. The maximum atomic E-state index is 13.2. The van der Waals surface area contributed by atoms with Crippen LogP contribution in [0.3, 0.4) is 0 Å². The van der Waals surface area contributed by atoms with Crippen molar-refractivity contribution in [2.24, 2.45) is 12.0 Å². The van der Waals surface area contributed by atoms with Crippen LogP contribution in [0.2, 0.25) is 0 Å². The number of fused-ring (bicyclic) bond motifs is 1. The highest BCUT2D eigenvalue weighted by Gasteiger charge is 2.32. The molecule has 1 amide bonds. The van der Waals surface area contributed by atoms with Crippen molar-refractivity contribution in [1.29, 1.82) is 0 Å². The molecule has 3 heterocycles. The van der Waals surface area contributed by atoms with E-state index in [2.05, 4.69) is 4.99 Å². The summed E-state index contributed by atoms with van der Waals surface area (Å²) in [7, 11) is -1.98. The van der Waals surface area contributed by atoms with Gasteiger partial charge in [-0.3, -0.25) is 4.79 Å². The molecule has 0 fully saturated rings. The lowest BCUT2D eigenvalue weighted by Gasteiger charge is -2.28. The molecule has 0 saturated heterocycles. The fraction of sp³-hybridized carbons (Fsp3) is 0.222. The molecule has 2 aromatic heterocycles. The normalized spacial score (nSPS) is 15.7. The molecule has 0 spiro atoms. The van der Waals surface area contributed by atoms with E-state index in [4.69, 9.17) is 0 Å². The van der Waals surface area contributed by atoms with Gasteiger partial charge in [-0.15, -0.1) is 22.7 Å². The van der Waals surface area contributed by atoms with Crippen LogP contribution < -0.4 is 4.80 Å². The van der Waals surface area contributed by atoms with Gasteiger partial charge in [-0.05, 0) is 29.0 Å². The molecule has 27 heavy (non-hydrogen) atoms. The number of rotatable bonds is 3. The lowest BCUT2D eigenvalue weighted by atomic mass is 10.0. The van der Waals surface area contributed by atoms with Gasteiger partial charge >= 0.3 is 0 Å². The molecule has 0 unspecified atom stereocenters. The van der Waals surface area contributed by atoms with Crippen LogP contribution in [0, 0.1) is 0 Å². The van der Waals surface area contributed by atoms with Crippen molar-refractivity contribution in [3.8, 4) is 0 Å². The quantitative estimate of drug-likeness (QED) is 0.655. The molecule has 0 N–H and O–H groups in total. The molecule has 0 atom stereocenters. The highest BCUT2D eigenvalue weighted by Crippen LogP contribution is 2.29. The number of nitrogens with zero attached hydrogens (tertiary/aromatic N) is 3. The smallest absolute Gasteiger partial charge is 0.291 e. The zero-order valence-corrected chi connectivity index (χ0v) is 17.0. The second-order valence-electron chi connectivity index (χ2n) is 6.18. The zero-order valence-electron chi connectivity index (χ0n) is 14.5. The molecule has 0 bridgehead atoms. The predicted molar refractivity (Wildman–Crippen MR) is 105 cm³/mol. The topological polar surface area (TPSA) is 71.7 Å². The van der Waals surface area contributed by atoms with Gasteiger partial charge in [0.1, 0.15) is 9.77 Å². The summed E-state index contributed by atoms with van der Waals surface area (Å²) >= 11 is 2.44. The minimum atomic E-state index is -3.77. The van der Waals surface area contributed by atoms with Gasteiger partial charge in [0.25, 0.3) is 5.91 Å². The number of carbonyl (C=O) groups is 1. The third-order valence-electron chi connectivity index (χ3n) is 4.49. The molecule has 9 heteroatoms. The maximum absolute atomic E-state index is 13.2. The van der Waals surface area contributed by atoms with Gasteiger partial charge in [-0.2, -0.15) is 9.30 Å². The standard InChI is InChI=1S/C18H17N3O3S3/c1-20-9-11-26-18(20)19-17(22)16-15(7-10-25-16)27(23,24)21-8-6-13-4-2-3-5-14(13)12-21/h2-5,7,9-11H,6,8,12H2,1H3. The highest BCUT2D eigenvalue weighted by atomic mass is 32.2. The molecule has 0 radical (unpaired) electrons. The van der Waals surface area contributed by atoms with E-state index in [1.165, 1.54) is 27.3 Å². The number of carbonyl (C=O) groups excluding carboxylic acids is 1. The number of aryl methyl sites for hydroxylation is 1. The molecule has 6 nitrogen and oxygen atoms in total. The van der Waals surface area contributed by atoms with Crippen molar-refractivity contribution in [3.63, 3.8) is 0 Å². The number of amides is 1. The van der Waals surface area contributed by atoms with Gasteiger partial charge in [0, 0.05) is 31.7 Å². The average molecular weight is 420 g/mol. The molecule has 4 rings (SSSR count). The van der Waals surface area contributed by atoms with Crippen LogP contribution in [-0.4, -0.2) is 29.7 Å². The van der Waals surface area contributed by atoms with Gasteiger partial charge in [0.05, 0.1) is 0 Å². The number of hydrogen-bond acceptors (Lipinski definition) is 5. The SMILES string of the molecule is Cn1ccsc1=NC(=O)c1sccc1S(=O)(=O)N1CCc2ccccc2C1. The molecular weight excluding hydrogens is 402 g/mol. The number of aromatic nitrogens is 1. The van der Waals surface area contributed by atoms with Crippen molar-refractivity contribution < 1.29 is 13.2 Å². The summed E-state index contributed by atoms with van der Waals surface area (Å²) in [5.74, 6) is -0.529. The van der Waals surface area contributed by atoms with Crippen LogP contribution in [0.1, 0.15) is 20.8 Å². The number of hydrogen-bond donors (Lipinski definition) is 0. The summed E-state index contributed by atoms with van der Waals surface area (Å²) in [5.41, 5.74) is 2.18. The Morgan fingerprint density at radius 1 is 1.11 bits per heavy atom. The summed E-state index contributed by atoms with van der Waals surface area (Å²) in [6, 6.07) is 9.35. The van der Waals surface area contributed by atoms with E-state index in [1.54, 1.807) is 23.2 Å². The summed E-state index contributed by atoms with van der Waals surface area (Å²) in [6.45, 7) is 0.721. The van der Waals surface area contributed by atoms with Crippen molar-refractivity contribution >= 4 is 38.6 Å². The first kappa shape index (κ1) is 18.3. The van der Waals surface area contributed by atoms with Crippen LogP contribution in [-0.2, 0) is 30.0 Å². The summed E-state index contributed by atoms with van der Waals surface area (Å²) in [6.07, 6.45) is 2.46. The molecule has 140 valence electrons. The van der Waals surface area contributed by atoms with E-state index in [0.717, 1.165) is 16.9 Å². The Labute approximate surface area is 165 Å². The van der Waals surface area contributed by atoms with Crippen molar-refractivity contribution in [1.82, 2.24) is 8.87 Å². The Morgan fingerprint density at radius 2 is 1.89 bits per heavy atom. The van der Waals surface area contributed by atoms with Crippen LogP contribution in [0.15, 0.2) is 57.2 Å². The third-order valence-corrected chi connectivity index (χ3v) is 8.26. The van der Waals surface area contributed by atoms with E-state index in [-0.39, 0.29) is 9.77 Å². The Balaban J connectivity index is 1.68. The zero-order chi connectivity index (χ0) is 19.0. The van der Waals surface area contributed by atoms with Gasteiger partial charge in [0.2, 0.25) is 10.0 Å². The van der Waals surface area contributed by atoms with E-state index < -0.39 is 15.9 Å². The lowest BCUT2D eigenvalue weighted by molar-refractivity contribution is 0.0998. The van der Waals surface area contributed by atoms with Crippen molar-refractivity contribution in [3.05, 3.63) is 68.1 Å². The van der Waals surface area contributed by atoms with Crippen LogP contribution in [0.5, 0.6) is 0 Å². The molecular formula is C18H17N3O3S3. The summed E-state index contributed by atoms with van der Waals surface area (Å²) in [4.78, 5) is 17.4. The summed E-state index contributed by atoms with van der Waals surface area (Å²) in [5, 5.41) is 3.45. The largest absolute Gasteiger partial charge is 0.327 e. The predicted octanol–water partition coefficient (Wildman–Crippen LogP) is 2.64. The first-order valence-electron chi connectivity index (χ1n) is 8.30. The fourth-order valence-electron chi connectivity index (χ4n) is 3.04. The molecule has 1 aromatic carbocycles. The van der Waals surface area contributed by atoms with Gasteiger partial charge in [0.15, 0.2) is 4.80 Å². The van der Waals surface area contributed by atoms with Crippen LogP contribution >= 0.6 is 22.7 Å². The Morgan fingerprint density at radius 3 is 2.63 bits per heavy atom. The van der Waals surface area contributed by atoms with Crippen LogP contribution in [0.25, 0.3) is 0 Å². The molecule has 0 aliphatic carbocycles. The van der Waals surface area contributed by atoms with Crippen LogP contribution in [0.4, 0.5) is 0 Å². The number of sulfonamides is 1. The van der Waals surface area contributed by atoms with Crippen molar-refractivity contribution in [2.75, 3.05) is 6.54 Å².